The lowest BCUT2D eigenvalue weighted by atomic mass is 10.3. The summed E-state index contributed by atoms with van der Waals surface area (Å²) in [6.45, 7) is 3.82. The van der Waals surface area contributed by atoms with Gasteiger partial charge >= 0.3 is 0 Å². The molecule has 0 atom stereocenters. The molecule has 1 aromatic rings. The van der Waals surface area contributed by atoms with Crippen LogP contribution < -0.4 is 15.5 Å². The zero-order chi connectivity index (χ0) is 12.7. The van der Waals surface area contributed by atoms with Gasteiger partial charge in [-0.15, -0.1) is 0 Å². The molecule has 1 rings (SSSR count). The Labute approximate surface area is 101 Å². The highest BCUT2D eigenvalue weighted by Gasteiger charge is 1.99. The van der Waals surface area contributed by atoms with Crippen molar-refractivity contribution in [2.75, 3.05) is 19.0 Å². The quantitative estimate of drug-likeness (QED) is 0.602. The topological polar surface area (TPSA) is 62.7 Å². The third-order valence-corrected chi connectivity index (χ3v) is 1.95. The third kappa shape index (κ3) is 5.01. The van der Waals surface area contributed by atoms with E-state index >= 15 is 0 Å². The number of methoxy groups -OCH3 is 1. The van der Waals surface area contributed by atoms with E-state index in [1.54, 1.807) is 7.11 Å². The number of nitrogens with one attached hydrogen (secondary N) is 2. The van der Waals surface area contributed by atoms with E-state index in [-0.39, 0.29) is 12.5 Å². The van der Waals surface area contributed by atoms with Crippen LogP contribution in [0.25, 0.3) is 0 Å². The van der Waals surface area contributed by atoms with E-state index < -0.39 is 0 Å². The maximum absolute atomic E-state index is 11.3. The van der Waals surface area contributed by atoms with Gasteiger partial charge in [-0.1, -0.05) is 0 Å². The monoisotopic (exact) mass is 235 g/mol. The Bertz CT molecular complexity index is 395. The Morgan fingerprint density at radius 2 is 1.94 bits per heavy atom. The fraction of sp³-hybridized carbons (Fsp3) is 0.333. The molecule has 0 aliphatic carbocycles. The highest BCUT2D eigenvalue weighted by atomic mass is 16.5. The van der Waals surface area contributed by atoms with Crippen LogP contribution in [0.4, 0.5) is 5.69 Å². The van der Waals surface area contributed by atoms with E-state index in [0.29, 0.717) is 0 Å². The molecule has 0 radical (unpaired) electrons. The number of ether oxygens (including phenoxy) is 1. The van der Waals surface area contributed by atoms with Crippen LogP contribution in [0.15, 0.2) is 29.4 Å². The van der Waals surface area contributed by atoms with E-state index in [1.807, 2.05) is 38.1 Å². The van der Waals surface area contributed by atoms with E-state index in [1.165, 1.54) is 0 Å². The lowest BCUT2D eigenvalue weighted by Crippen LogP contribution is -2.26. The van der Waals surface area contributed by atoms with Crippen molar-refractivity contribution in [2.45, 2.75) is 13.8 Å². The minimum Gasteiger partial charge on any atom is -0.497 e. The van der Waals surface area contributed by atoms with Crippen LogP contribution in [0.1, 0.15) is 13.8 Å². The van der Waals surface area contributed by atoms with Crippen LogP contribution in [0, 0.1) is 0 Å². The fourth-order valence-electron chi connectivity index (χ4n) is 1.10. The molecular formula is C12H17N3O2. The van der Waals surface area contributed by atoms with Crippen LogP contribution in [-0.4, -0.2) is 25.3 Å². The summed E-state index contributed by atoms with van der Waals surface area (Å²) in [4.78, 5) is 11.3. The summed E-state index contributed by atoms with van der Waals surface area (Å²) in [5.74, 6) is 0.605. The molecule has 5 heteroatoms. The molecule has 0 spiro atoms. The molecule has 92 valence electrons. The van der Waals surface area contributed by atoms with Crippen molar-refractivity contribution < 1.29 is 9.53 Å². The highest BCUT2D eigenvalue weighted by molar-refractivity contribution is 5.84. The van der Waals surface area contributed by atoms with Crippen molar-refractivity contribution in [3.8, 4) is 5.75 Å². The van der Waals surface area contributed by atoms with Crippen LogP contribution >= 0.6 is 0 Å². The number of hydrazone groups is 1. The second-order valence-electron chi connectivity index (χ2n) is 3.68. The Balaban J connectivity index is 2.39. The van der Waals surface area contributed by atoms with Crippen molar-refractivity contribution in [3.63, 3.8) is 0 Å². The maximum atomic E-state index is 11.3. The van der Waals surface area contributed by atoms with Crippen molar-refractivity contribution >= 4 is 17.3 Å². The molecule has 0 bridgehead atoms. The van der Waals surface area contributed by atoms with Gasteiger partial charge in [-0.05, 0) is 38.1 Å². The summed E-state index contributed by atoms with van der Waals surface area (Å²) in [7, 11) is 1.61. The molecule has 0 aromatic heterocycles. The van der Waals surface area contributed by atoms with Gasteiger partial charge in [0.1, 0.15) is 5.75 Å². The largest absolute Gasteiger partial charge is 0.497 e. The minimum atomic E-state index is -0.179. The molecule has 0 unspecified atom stereocenters. The first kappa shape index (κ1) is 13.0. The van der Waals surface area contributed by atoms with Gasteiger partial charge in [0.25, 0.3) is 5.91 Å². The van der Waals surface area contributed by atoms with Gasteiger partial charge in [-0.3, -0.25) is 4.79 Å². The predicted molar refractivity (Wildman–Crippen MR) is 68.4 cm³/mol. The number of rotatable bonds is 5. The number of carbonyl (C=O) groups excluding carboxylic acids is 1. The van der Waals surface area contributed by atoms with Crippen molar-refractivity contribution in [3.05, 3.63) is 24.3 Å². The summed E-state index contributed by atoms with van der Waals surface area (Å²) in [5, 5.41) is 6.80. The van der Waals surface area contributed by atoms with E-state index in [4.69, 9.17) is 4.74 Å². The summed E-state index contributed by atoms with van der Waals surface area (Å²) in [6, 6.07) is 7.35. The average Bonchev–Trinajstić information content (AvgIpc) is 2.34. The van der Waals surface area contributed by atoms with Crippen LogP contribution in [0.2, 0.25) is 0 Å². The number of hydrogen-bond donors (Lipinski definition) is 2. The highest BCUT2D eigenvalue weighted by Crippen LogP contribution is 2.14. The number of carbonyl (C=O) groups is 1. The maximum Gasteiger partial charge on any atom is 0.259 e. The number of benzene rings is 1. The van der Waals surface area contributed by atoms with Crippen molar-refractivity contribution in [1.29, 1.82) is 0 Å². The summed E-state index contributed by atoms with van der Waals surface area (Å²) in [5.41, 5.74) is 4.10. The minimum absolute atomic E-state index is 0.179. The fourth-order valence-corrected chi connectivity index (χ4v) is 1.10. The van der Waals surface area contributed by atoms with Gasteiger partial charge in [0.15, 0.2) is 0 Å². The van der Waals surface area contributed by atoms with Gasteiger partial charge in [-0.25, -0.2) is 5.43 Å². The van der Waals surface area contributed by atoms with E-state index in [0.717, 1.165) is 17.1 Å². The zero-order valence-electron chi connectivity index (χ0n) is 10.3. The first-order valence-electron chi connectivity index (χ1n) is 5.29. The second kappa shape index (κ2) is 6.52. The first-order chi connectivity index (χ1) is 8.11. The zero-order valence-corrected chi connectivity index (χ0v) is 10.3. The first-order valence-corrected chi connectivity index (χ1v) is 5.29. The van der Waals surface area contributed by atoms with E-state index in [9.17, 15) is 4.79 Å². The predicted octanol–water partition coefficient (Wildman–Crippen LogP) is 1.62. The number of anilines is 1. The number of nitrogens with zero attached hydrogens (tertiary/aromatic N) is 1. The third-order valence-electron chi connectivity index (χ3n) is 1.95. The normalized spacial score (nSPS) is 9.35. The molecular weight excluding hydrogens is 218 g/mol. The molecule has 5 nitrogen and oxygen atoms in total. The lowest BCUT2D eigenvalue weighted by Gasteiger charge is -2.06. The number of amides is 1. The molecule has 0 saturated carbocycles. The molecule has 1 amide bonds. The molecule has 0 saturated heterocycles. The SMILES string of the molecule is COc1ccc(NCC(=O)NN=C(C)C)cc1. The van der Waals surface area contributed by atoms with Gasteiger partial charge in [0.2, 0.25) is 0 Å². The van der Waals surface area contributed by atoms with Crippen molar-refractivity contribution in [2.24, 2.45) is 5.10 Å². The Hall–Kier alpha value is -2.04. The van der Waals surface area contributed by atoms with Crippen LogP contribution in [0.3, 0.4) is 0 Å². The van der Waals surface area contributed by atoms with Gasteiger partial charge in [0.05, 0.1) is 13.7 Å². The van der Waals surface area contributed by atoms with Gasteiger partial charge in [0, 0.05) is 11.4 Å². The Kier molecular flexibility index (Phi) is 5.00. The summed E-state index contributed by atoms with van der Waals surface area (Å²) >= 11 is 0. The van der Waals surface area contributed by atoms with Crippen LogP contribution in [-0.2, 0) is 4.79 Å². The number of hydrogen-bond acceptors (Lipinski definition) is 4. The molecule has 17 heavy (non-hydrogen) atoms. The smallest absolute Gasteiger partial charge is 0.259 e. The summed E-state index contributed by atoms with van der Waals surface area (Å²) in [6.07, 6.45) is 0. The molecule has 0 fully saturated rings. The molecule has 0 aliphatic heterocycles. The second-order valence-corrected chi connectivity index (χ2v) is 3.68. The Morgan fingerprint density at radius 3 is 2.47 bits per heavy atom. The molecule has 1 aromatic carbocycles. The van der Waals surface area contributed by atoms with E-state index in [2.05, 4.69) is 15.8 Å². The van der Waals surface area contributed by atoms with Gasteiger partial charge in [-0.2, -0.15) is 5.10 Å². The standard InChI is InChI=1S/C12H17N3O2/c1-9(2)14-15-12(16)8-13-10-4-6-11(17-3)7-5-10/h4-7,13H,8H2,1-3H3,(H,15,16). The van der Waals surface area contributed by atoms with Gasteiger partial charge < -0.3 is 10.1 Å². The van der Waals surface area contributed by atoms with Crippen molar-refractivity contribution in [1.82, 2.24) is 5.43 Å². The molecule has 2 N–H and O–H groups in total. The Morgan fingerprint density at radius 1 is 1.29 bits per heavy atom. The van der Waals surface area contributed by atoms with Crippen LogP contribution in [0.5, 0.6) is 5.75 Å². The lowest BCUT2D eigenvalue weighted by molar-refractivity contribution is -0.119. The molecule has 0 aliphatic rings. The average molecular weight is 235 g/mol. The summed E-state index contributed by atoms with van der Waals surface area (Å²) < 4.78 is 5.03. The molecule has 0 heterocycles.